The molecular weight excluding hydrogens is 825 g/mol. The van der Waals surface area contributed by atoms with Crippen molar-refractivity contribution in [1.82, 2.24) is 4.57 Å². The van der Waals surface area contributed by atoms with Gasteiger partial charge in [-0.05, 0) is 140 Å². The van der Waals surface area contributed by atoms with Crippen LogP contribution >= 0.6 is 0 Å². The highest BCUT2D eigenvalue weighted by atomic mass is 16.3. The van der Waals surface area contributed by atoms with E-state index in [2.05, 4.69) is 242 Å². The molecule has 12 aromatic rings. The van der Waals surface area contributed by atoms with Gasteiger partial charge >= 0.3 is 0 Å². The van der Waals surface area contributed by atoms with E-state index in [1.165, 1.54) is 76.8 Å². The molecule has 322 valence electrons. The van der Waals surface area contributed by atoms with Gasteiger partial charge in [-0.2, -0.15) is 0 Å². The molecule has 2 heterocycles. The first-order valence-corrected chi connectivity index (χ1v) is 23.9. The quantitative estimate of drug-likeness (QED) is 0.155. The molecule has 0 unspecified atom stereocenters. The van der Waals surface area contributed by atoms with Gasteiger partial charge in [0.15, 0.2) is 0 Å². The summed E-state index contributed by atoms with van der Waals surface area (Å²) in [4.78, 5) is 2.42. The standard InChI is InChI=1S/C65H46N2O/c1-65(2)56-25-13-10-22-51(56)52-37-36-47(39-57(52)65)66(44-30-28-42(29-31-44)41-16-4-3-5-17-41)45-32-34-46(35-33-45)67-58-26-14-11-23-53(58)62-59(67)40-61-63(54-24-12-15-27-60(54)68-61)64(62)55-38-43-18-6-7-19-48(43)49-20-8-9-21-50(49)55/h4,6-40H,3,5H2,1-2H3. The number of allylic oxidation sites excluding steroid dienone is 4. The zero-order chi connectivity index (χ0) is 45.1. The lowest BCUT2D eigenvalue weighted by atomic mass is 9.82. The predicted molar refractivity (Wildman–Crippen MR) is 287 cm³/mol. The molecule has 0 saturated carbocycles. The van der Waals surface area contributed by atoms with Crippen LogP contribution in [0.4, 0.5) is 17.1 Å². The number of furan rings is 1. The molecule has 0 spiro atoms. The monoisotopic (exact) mass is 870 g/mol. The molecule has 0 N–H and O–H groups in total. The molecule has 2 aliphatic rings. The third kappa shape index (κ3) is 5.72. The second-order valence-electron chi connectivity index (χ2n) is 19.1. The smallest absolute Gasteiger partial charge is 0.138 e. The molecule has 0 bridgehead atoms. The van der Waals surface area contributed by atoms with Crippen molar-refractivity contribution in [3.05, 3.63) is 235 Å². The lowest BCUT2D eigenvalue weighted by Crippen LogP contribution is -2.16. The second-order valence-corrected chi connectivity index (χ2v) is 19.1. The van der Waals surface area contributed by atoms with Gasteiger partial charge in [-0.1, -0.05) is 159 Å². The Balaban J connectivity index is 0.982. The van der Waals surface area contributed by atoms with Gasteiger partial charge in [0.25, 0.3) is 0 Å². The van der Waals surface area contributed by atoms with Gasteiger partial charge in [-0.3, -0.25) is 0 Å². The number of nitrogens with zero attached hydrogens (tertiary/aromatic N) is 2. The van der Waals surface area contributed by atoms with Crippen molar-refractivity contribution in [2.75, 3.05) is 4.90 Å². The summed E-state index contributed by atoms with van der Waals surface area (Å²) in [5.41, 5.74) is 18.6. The number of para-hydroxylation sites is 2. The highest BCUT2D eigenvalue weighted by Crippen LogP contribution is 2.52. The molecule has 2 aromatic heterocycles. The van der Waals surface area contributed by atoms with E-state index >= 15 is 0 Å². The Bertz CT molecular complexity index is 4100. The topological polar surface area (TPSA) is 21.3 Å². The number of rotatable bonds is 6. The van der Waals surface area contributed by atoms with Crippen LogP contribution in [0.25, 0.3) is 98.8 Å². The summed E-state index contributed by atoms with van der Waals surface area (Å²) in [5.74, 6) is 0. The maximum Gasteiger partial charge on any atom is 0.138 e. The largest absolute Gasteiger partial charge is 0.456 e. The number of anilines is 3. The van der Waals surface area contributed by atoms with Crippen LogP contribution in [0.5, 0.6) is 0 Å². The number of fused-ring (bicyclic) bond motifs is 12. The predicted octanol–water partition coefficient (Wildman–Crippen LogP) is 18.2. The third-order valence-corrected chi connectivity index (χ3v) is 15.0. The molecule has 3 nitrogen and oxygen atoms in total. The molecule has 0 fully saturated rings. The first-order valence-electron chi connectivity index (χ1n) is 23.9. The Morgan fingerprint density at radius 1 is 0.471 bits per heavy atom. The summed E-state index contributed by atoms with van der Waals surface area (Å²) in [6, 6.07) is 74.0. The fourth-order valence-electron chi connectivity index (χ4n) is 11.8. The minimum absolute atomic E-state index is 0.124. The first kappa shape index (κ1) is 38.8. The van der Waals surface area contributed by atoms with Crippen LogP contribution in [-0.4, -0.2) is 4.57 Å². The van der Waals surface area contributed by atoms with Crippen LogP contribution in [0.3, 0.4) is 0 Å². The minimum atomic E-state index is -0.124. The van der Waals surface area contributed by atoms with Crippen molar-refractivity contribution in [2.45, 2.75) is 32.1 Å². The third-order valence-electron chi connectivity index (χ3n) is 15.0. The van der Waals surface area contributed by atoms with Gasteiger partial charge in [0.05, 0.1) is 11.0 Å². The Morgan fingerprint density at radius 2 is 1.13 bits per heavy atom. The van der Waals surface area contributed by atoms with Crippen LogP contribution in [0.1, 0.15) is 43.4 Å². The fraction of sp³-hybridized carbons (Fsp3) is 0.0769. The average molecular weight is 871 g/mol. The Hall–Kier alpha value is -8.40. The first-order chi connectivity index (χ1) is 33.5. The zero-order valence-corrected chi connectivity index (χ0v) is 38.0. The van der Waals surface area contributed by atoms with Crippen molar-refractivity contribution in [1.29, 1.82) is 0 Å². The average Bonchev–Trinajstić information content (AvgIpc) is 4.01. The van der Waals surface area contributed by atoms with Crippen molar-refractivity contribution in [3.8, 4) is 27.9 Å². The highest BCUT2D eigenvalue weighted by Gasteiger charge is 2.36. The number of aromatic nitrogens is 1. The maximum absolute atomic E-state index is 6.84. The Morgan fingerprint density at radius 3 is 1.94 bits per heavy atom. The molecule has 0 radical (unpaired) electrons. The summed E-state index contributed by atoms with van der Waals surface area (Å²) in [7, 11) is 0. The number of benzene rings is 10. The van der Waals surface area contributed by atoms with Crippen molar-refractivity contribution in [2.24, 2.45) is 0 Å². The van der Waals surface area contributed by atoms with Gasteiger partial charge < -0.3 is 13.9 Å². The van der Waals surface area contributed by atoms with E-state index in [1.54, 1.807) is 0 Å². The molecule has 2 aliphatic carbocycles. The molecule has 3 heteroatoms. The van der Waals surface area contributed by atoms with Crippen molar-refractivity contribution in [3.63, 3.8) is 0 Å². The lowest BCUT2D eigenvalue weighted by molar-refractivity contribution is 0.660. The van der Waals surface area contributed by atoms with Gasteiger partial charge in [0.1, 0.15) is 11.2 Å². The zero-order valence-electron chi connectivity index (χ0n) is 38.0. The SMILES string of the molecule is CC1(C)c2ccccc2-c2ccc(N(c3ccc(C4=CCCC=C4)cc3)c3ccc(-n4c5ccccc5c5c(-c6cc7ccccc7c7ccccc67)c6c(cc54)oc4ccccc46)cc3)cc21. The van der Waals surface area contributed by atoms with Gasteiger partial charge in [-0.15, -0.1) is 0 Å². The normalized spacial score (nSPS) is 14.1. The molecule has 68 heavy (non-hydrogen) atoms. The van der Waals surface area contributed by atoms with Crippen LogP contribution in [0, 0.1) is 0 Å². The number of hydrogen-bond donors (Lipinski definition) is 0. The maximum atomic E-state index is 6.84. The minimum Gasteiger partial charge on any atom is -0.456 e. The van der Waals surface area contributed by atoms with E-state index in [0.29, 0.717) is 0 Å². The molecule has 0 atom stereocenters. The summed E-state index contributed by atoms with van der Waals surface area (Å²) in [5, 5.41) is 9.64. The van der Waals surface area contributed by atoms with E-state index < -0.39 is 0 Å². The molecule has 14 rings (SSSR count). The summed E-state index contributed by atoms with van der Waals surface area (Å²) in [6.45, 7) is 4.72. The molecular formula is C65H46N2O. The van der Waals surface area contributed by atoms with Crippen LogP contribution in [-0.2, 0) is 5.41 Å². The van der Waals surface area contributed by atoms with E-state index in [0.717, 1.165) is 68.6 Å². The molecule has 0 saturated heterocycles. The van der Waals surface area contributed by atoms with Gasteiger partial charge in [-0.25, -0.2) is 0 Å². The van der Waals surface area contributed by atoms with Gasteiger partial charge in [0, 0.05) is 61.3 Å². The van der Waals surface area contributed by atoms with E-state index in [1.807, 2.05) is 0 Å². The van der Waals surface area contributed by atoms with Crippen molar-refractivity contribution < 1.29 is 4.42 Å². The summed E-state index contributed by atoms with van der Waals surface area (Å²) in [6.07, 6.45) is 9.08. The number of hydrogen-bond acceptors (Lipinski definition) is 2. The lowest BCUT2D eigenvalue weighted by Gasteiger charge is -2.28. The van der Waals surface area contributed by atoms with Crippen LogP contribution in [0.15, 0.2) is 223 Å². The van der Waals surface area contributed by atoms with Crippen LogP contribution < -0.4 is 4.90 Å². The Labute approximate surface area is 395 Å². The van der Waals surface area contributed by atoms with E-state index in [4.69, 9.17) is 4.42 Å². The van der Waals surface area contributed by atoms with Crippen LogP contribution in [0.2, 0.25) is 0 Å². The van der Waals surface area contributed by atoms with E-state index in [-0.39, 0.29) is 5.41 Å². The fourth-order valence-corrected chi connectivity index (χ4v) is 11.8. The Kier molecular flexibility index (Phi) is 8.45. The van der Waals surface area contributed by atoms with E-state index in [9.17, 15) is 0 Å². The van der Waals surface area contributed by atoms with Gasteiger partial charge in [0.2, 0.25) is 0 Å². The van der Waals surface area contributed by atoms with Crippen molar-refractivity contribution >= 4 is 87.9 Å². The summed E-state index contributed by atoms with van der Waals surface area (Å²) < 4.78 is 9.28. The highest BCUT2D eigenvalue weighted by molar-refractivity contribution is 6.30. The second kappa shape index (κ2) is 14.8. The molecule has 0 aliphatic heterocycles. The molecule has 10 aromatic carbocycles. The molecule has 0 amide bonds. The summed E-state index contributed by atoms with van der Waals surface area (Å²) >= 11 is 0.